The van der Waals surface area contributed by atoms with Crippen molar-refractivity contribution >= 4 is 46.0 Å². The molecule has 2 aliphatic heterocycles. The fourth-order valence-electron chi connectivity index (χ4n) is 5.49. The number of aryl methyl sites for hydroxylation is 2. The van der Waals surface area contributed by atoms with Crippen molar-refractivity contribution in [2.75, 3.05) is 44.2 Å². The standard InChI is InChI=1S/C29H33ClN6O3/c1-5-26(38)35-15-22(16-35)32-25(37)17-36-20(4)27(23-13-21(30)12-19(3)28(23)36)29(39)34-10-8-33(9-11-34)24-7-6-18(2)14-31-24/h5-7,12-14,22H,1,8-11,15-17H2,2-4H3,(H,32,37). The first kappa shape index (κ1) is 26.7. The van der Waals surface area contributed by atoms with Gasteiger partial charge in [0.25, 0.3) is 5.91 Å². The summed E-state index contributed by atoms with van der Waals surface area (Å²) in [4.78, 5) is 48.8. The first-order chi connectivity index (χ1) is 18.7. The number of hydrogen-bond acceptors (Lipinski definition) is 5. The van der Waals surface area contributed by atoms with Crippen LogP contribution in [0.15, 0.2) is 43.1 Å². The van der Waals surface area contributed by atoms with Crippen LogP contribution in [0.25, 0.3) is 10.9 Å². The van der Waals surface area contributed by atoms with Crippen LogP contribution in [-0.4, -0.2) is 82.4 Å². The van der Waals surface area contributed by atoms with Gasteiger partial charge >= 0.3 is 0 Å². The highest BCUT2D eigenvalue weighted by molar-refractivity contribution is 6.31. The Morgan fingerprint density at radius 1 is 1.08 bits per heavy atom. The zero-order valence-electron chi connectivity index (χ0n) is 22.5. The van der Waals surface area contributed by atoms with Crippen LogP contribution in [0.2, 0.25) is 5.02 Å². The van der Waals surface area contributed by atoms with Crippen molar-refractivity contribution in [3.8, 4) is 0 Å². The van der Waals surface area contributed by atoms with Gasteiger partial charge < -0.3 is 24.6 Å². The molecule has 0 spiro atoms. The summed E-state index contributed by atoms with van der Waals surface area (Å²) in [6, 6.07) is 7.63. The fraction of sp³-hybridized carbons (Fsp3) is 0.379. The summed E-state index contributed by atoms with van der Waals surface area (Å²) in [5.41, 5.74) is 4.15. The predicted octanol–water partition coefficient (Wildman–Crippen LogP) is 3.09. The summed E-state index contributed by atoms with van der Waals surface area (Å²) in [5.74, 6) is 0.544. The van der Waals surface area contributed by atoms with E-state index in [1.54, 1.807) is 4.90 Å². The molecule has 0 saturated carbocycles. The van der Waals surface area contributed by atoms with Crippen LogP contribution < -0.4 is 10.2 Å². The second-order valence-corrected chi connectivity index (χ2v) is 10.8. The SMILES string of the molecule is C=CC(=O)N1CC(NC(=O)Cn2c(C)c(C(=O)N3CCN(c4ccc(C)cn4)CC3)c3cc(Cl)cc(C)c32)C1. The maximum atomic E-state index is 13.9. The van der Waals surface area contributed by atoms with Gasteiger partial charge in [0, 0.05) is 61.6 Å². The van der Waals surface area contributed by atoms with E-state index in [9.17, 15) is 14.4 Å². The van der Waals surface area contributed by atoms with Gasteiger partial charge in [-0.3, -0.25) is 14.4 Å². The Labute approximate surface area is 233 Å². The molecule has 0 radical (unpaired) electrons. The number of nitrogens with one attached hydrogen (secondary N) is 1. The summed E-state index contributed by atoms with van der Waals surface area (Å²) in [5, 5.41) is 4.30. The van der Waals surface area contributed by atoms with Crippen molar-refractivity contribution < 1.29 is 14.4 Å². The molecule has 4 heterocycles. The van der Waals surface area contributed by atoms with Crippen molar-refractivity contribution in [3.05, 3.63) is 70.5 Å². The van der Waals surface area contributed by atoms with Gasteiger partial charge in [0.05, 0.1) is 17.1 Å². The molecule has 2 fully saturated rings. The minimum absolute atomic E-state index is 0.0626. The first-order valence-electron chi connectivity index (χ1n) is 13.1. The third-order valence-corrected chi connectivity index (χ3v) is 7.82. The number of piperazine rings is 1. The van der Waals surface area contributed by atoms with E-state index < -0.39 is 0 Å². The molecule has 0 atom stereocenters. The minimum Gasteiger partial charge on any atom is -0.353 e. The number of carbonyl (C=O) groups excluding carboxylic acids is 3. The number of anilines is 1. The number of nitrogens with zero attached hydrogens (tertiary/aromatic N) is 5. The van der Waals surface area contributed by atoms with Crippen LogP contribution in [0.3, 0.4) is 0 Å². The Hall–Kier alpha value is -3.85. The summed E-state index contributed by atoms with van der Waals surface area (Å²) >= 11 is 6.43. The Morgan fingerprint density at radius 3 is 2.44 bits per heavy atom. The molecule has 0 unspecified atom stereocenters. The maximum absolute atomic E-state index is 13.9. The van der Waals surface area contributed by atoms with Crippen molar-refractivity contribution in [1.29, 1.82) is 0 Å². The number of likely N-dealkylation sites (tertiary alicyclic amines) is 1. The molecular formula is C29H33ClN6O3. The van der Waals surface area contributed by atoms with Crippen LogP contribution in [-0.2, 0) is 16.1 Å². The monoisotopic (exact) mass is 548 g/mol. The second-order valence-electron chi connectivity index (χ2n) is 10.4. The molecule has 0 aliphatic carbocycles. The van der Waals surface area contributed by atoms with Gasteiger partial charge in [-0.1, -0.05) is 24.2 Å². The van der Waals surface area contributed by atoms with E-state index in [0.717, 1.165) is 33.5 Å². The summed E-state index contributed by atoms with van der Waals surface area (Å²) in [6.07, 6.45) is 3.13. The average Bonchev–Trinajstić information content (AvgIpc) is 3.16. The predicted molar refractivity (Wildman–Crippen MR) is 152 cm³/mol. The number of hydrogen-bond donors (Lipinski definition) is 1. The van der Waals surface area contributed by atoms with Gasteiger partial charge in [0.15, 0.2) is 0 Å². The third kappa shape index (κ3) is 5.23. The van der Waals surface area contributed by atoms with E-state index in [4.69, 9.17) is 11.6 Å². The number of rotatable bonds is 6. The van der Waals surface area contributed by atoms with Crippen LogP contribution in [0.5, 0.6) is 0 Å². The van der Waals surface area contributed by atoms with Crippen molar-refractivity contribution in [2.45, 2.75) is 33.4 Å². The first-order valence-corrected chi connectivity index (χ1v) is 13.5. The van der Waals surface area contributed by atoms with Crippen molar-refractivity contribution in [2.24, 2.45) is 0 Å². The fourth-order valence-corrected chi connectivity index (χ4v) is 5.76. The molecule has 204 valence electrons. The number of fused-ring (bicyclic) bond motifs is 1. The number of pyridine rings is 1. The molecule has 1 N–H and O–H groups in total. The van der Waals surface area contributed by atoms with Crippen LogP contribution in [0.4, 0.5) is 5.82 Å². The largest absolute Gasteiger partial charge is 0.353 e. The van der Waals surface area contributed by atoms with Gasteiger partial charge in [-0.2, -0.15) is 0 Å². The number of amides is 3. The van der Waals surface area contributed by atoms with Gasteiger partial charge in [0.2, 0.25) is 11.8 Å². The third-order valence-electron chi connectivity index (χ3n) is 7.61. The molecule has 3 amide bonds. The molecule has 39 heavy (non-hydrogen) atoms. The van der Waals surface area contributed by atoms with E-state index in [1.807, 2.05) is 60.7 Å². The lowest BCUT2D eigenvalue weighted by molar-refractivity contribution is -0.133. The van der Waals surface area contributed by atoms with Gasteiger partial charge in [-0.25, -0.2) is 4.98 Å². The molecule has 5 rings (SSSR count). The Bertz CT molecular complexity index is 1450. The summed E-state index contributed by atoms with van der Waals surface area (Å²) in [7, 11) is 0. The second kappa shape index (κ2) is 10.7. The minimum atomic E-state index is -0.168. The molecular weight excluding hydrogens is 516 g/mol. The van der Waals surface area contributed by atoms with E-state index >= 15 is 0 Å². The zero-order valence-corrected chi connectivity index (χ0v) is 23.3. The van der Waals surface area contributed by atoms with Gasteiger partial charge in [-0.15, -0.1) is 0 Å². The highest BCUT2D eigenvalue weighted by Crippen LogP contribution is 2.33. The number of benzene rings is 1. The van der Waals surface area contributed by atoms with Crippen molar-refractivity contribution in [1.82, 2.24) is 24.7 Å². The van der Waals surface area contributed by atoms with Crippen LogP contribution in [0, 0.1) is 20.8 Å². The molecule has 10 heteroatoms. The van der Waals surface area contributed by atoms with Crippen LogP contribution >= 0.6 is 11.6 Å². The number of carbonyl (C=O) groups is 3. The quantitative estimate of drug-likeness (QED) is 0.478. The summed E-state index contributed by atoms with van der Waals surface area (Å²) in [6.45, 7) is 12.8. The smallest absolute Gasteiger partial charge is 0.256 e. The van der Waals surface area contributed by atoms with Gasteiger partial charge in [-0.05, 0) is 56.2 Å². The summed E-state index contributed by atoms with van der Waals surface area (Å²) < 4.78 is 1.90. The normalized spacial score (nSPS) is 15.8. The Kier molecular flexibility index (Phi) is 7.36. The Balaban J connectivity index is 1.35. The highest BCUT2D eigenvalue weighted by atomic mass is 35.5. The molecule has 0 bridgehead atoms. The topological polar surface area (TPSA) is 90.8 Å². The zero-order chi connectivity index (χ0) is 27.8. The molecule has 2 aromatic heterocycles. The molecule has 2 aliphatic rings. The average molecular weight is 549 g/mol. The maximum Gasteiger partial charge on any atom is 0.256 e. The lowest BCUT2D eigenvalue weighted by Gasteiger charge is -2.39. The van der Waals surface area contributed by atoms with E-state index in [-0.39, 0.29) is 30.3 Å². The molecule has 1 aromatic carbocycles. The molecule has 2 saturated heterocycles. The Morgan fingerprint density at radius 2 is 1.79 bits per heavy atom. The van der Waals surface area contributed by atoms with Crippen molar-refractivity contribution in [3.63, 3.8) is 0 Å². The number of halogens is 1. The van der Waals surface area contributed by atoms with E-state index in [0.29, 0.717) is 49.9 Å². The highest BCUT2D eigenvalue weighted by Gasteiger charge is 2.32. The van der Waals surface area contributed by atoms with E-state index in [2.05, 4.69) is 21.8 Å². The lowest BCUT2D eigenvalue weighted by atomic mass is 10.1. The number of aromatic nitrogens is 2. The van der Waals surface area contributed by atoms with Gasteiger partial charge in [0.1, 0.15) is 12.4 Å². The molecule has 9 nitrogen and oxygen atoms in total. The van der Waals surface area contributed by atoms with E-state index in [1.165, 1.54) is 6.08 Å². The molecule has 3 aromatic rings. The lowest BCUT2D eigenvalue weighted by Crippen LogP contribution is -2.61. The van der Waals surface area contributed by atoms with Crippen LogP contribution in [0.1, 0.15) is 27.2 Å².